The van der Waals surface area contributed by atoms with Crippen molar-refractivity contribution in [1.29, 1.82) is 0 Å². The van der Waals surface area contributed by atoms with Gasteiger partial charge in [0.25, 0.3) is 0 Å². The number of halogens is 10. The van der Waals surface area contributed by atoms with Crippen molar-refractivity contribution in [3.05, 3.63) is 63.7 Å². The van der Waals surface area contributed by atoms with Gasteiger partial charge in [0, 0.05) is 0 Å². The van der Waals surface area contributed by atoms with Crippen molar-refractivity contribution in [2.75, 3.05) is 13.2 Å². The van der Waals surface area contributed by atoms with Gasteiger partial charge in [-0.05, 0) is 0 Å². The largest absolute Gasteiger partial charge is 0.449 e. The Morgan fingerprint density at radius 1 is 0.606 bits per heavy atom. The molecule has 0 aliphatic rings. The second-order valence-electron chi connectivity index (χ2n) is 5.49. The Morgan fingerprint density at radius 3 is 1.42 bits per heavy atom. The van der Waals surface area contributed by atoms with Crippen LogP contribution >= 0.6 is 0 Å². The zero-order chi connectivity index (χ0) is 25.2. The molecule has 33 heavy (non-hydrogen) atoms. The molecule has 0 N–H and O–H groups in total. The Kier molecular flexibility index (Phi) is 7.60. The van der Waals surface area contributed by atoms with E-state index in [1.54, 1.807) is 11.8 Å². The van der Waals surface area contributed by atoms with Gasteiger partial charge in [0.1, 0.15) is 12.2 Å². The third-order valence-electron chi connectivity index (χ3n) is 3.52. The van der Waals surface area contributed by atoms with Crippen molar-refractivity contribution in [3.8, 4) is 11.8 Å². The molecule has 178 valence electrons. The first-order valence-corrected chi connectivity index (χ1v) is 9.19. The minimum Gasteiger partial charge on any atom is -0.449 e. The van der Waals surface area contributed by atoms with Crippen LogP contribution in [0.15, 0.2) is 4.90 Å². The summed E-state index contributed by atoms with van der Waals surface area (Å²) in [6.45, 7) is -2.44. The molecule has 0 saturated heterocycles. The van der Waals surface area contributed by atoms with E-state index < -0.39 is 97.9 Å². The molecule has 0 spiro atoms. The SMILES string of the molecule is O=C(OCC#CCOS(=O)(=O)c1c(F)c(F)c(F)c(F)c1F)c1c(F)c(F)c(F)c(F)c1F. The first kappa shape index (κ1) is 25.9. The van der Waals surface area contributed by atoms with Crippen LogP contribution in [0.1, 0.15) is 10.4 Å². The zero-order valence-corrected chi connectivity index (χ0v) is 16.0. The number of carbonyl (C=O) groups excluding carboxylic acids is 1. The summed E-state index contributed by atoms with van der Waals surface area (Å²) in [5, 5.41) is 0. The average Bonchev–Trinajstić information content (AvgIpc) is 2.75. The number of esters is 1. The predicted molar refractivity (Wildman–Crippen MR) is 83.7 cm³/mol. The van der Waals surface area contributed by atoms with Crippen molar-refractivity contribution in [3.63, 3.8) is 0 Å². The van der Waals surface area contributed by atoms with Crippen LogP contribution in [0, 0.1) is 70.0 Å². The van der Waals surface area contributed by atoms with E-state index in [1.807, 2.05) is 0 Å². The molecule has 2 aromatic rings. The average molecular weight is 510 g/mol. The molecule has 2 aromatic carbocycles. The molecule has 2 rings (SSSR count). The first-order chi connectivity index (χ1) is 15.2. The summed E-state index contributed by atoms with van der Waals surface area (Å²) in [5.74, 6) is -24.1. The Hall–Kier alpha value is -3.32. The molecule has 16 heteroatoms. The van der Waals surface area contributed by atoms with Gasteiger partial charge in [0.15, 0.2) is 58.0 Å². The monoisotopic (exact) mass is 510 g/mol. The van der Waals surface area contributed by atoms with Crippen molar-refractivity contribution < 1.29 is 66.0 Å². The lowest BCUT2D eigenvalue weighted by Crippen LogP contribution is -2.16. The fourth-order valence-electron chi connectivity index (χ4n) is 2.03. The van der Waals surface area contributed by atoms with E-state index in [0.29, 0.717) is 0 Å². The maximum Gasteiger partial charge on any atom is 0.345 e. The highest BCUT2D eigenvalue weighted by atomic mass is 32.2. The molecule has 0 saturated carbocycles. The van der Waals surface area contributed by atoms with Crippen molar-refractivity contribution in [2.45, 2.75) is 4.90 Å². The van der Waals surface area contributed by atoms with Gasteiger partial charge in [-0.25, -0.2) is 48.7 Å². The second-order valence-corrected chi connectivity index (χ2v) is 7.04. The van der Waals surface area contributed by atoms with Gasteiger partial charge >= 0.3 is 16.1 Å². The Balaban J connectivity index is 2.09. The normalized spacial score (nSPS) is 11.2. The summed E-state index contributed by atoms with van der Waals surface area (Å²) in [6.07, 6.45) is 0. The van der Waals surface area contributed by atoms with Crippen LogP contribution in [0.5, 0.6) is 0 Å². The van der Waals surface area contributed by atoms with Gasteiger partial charge in [-0.3, -0.25) is 4.18 Å². The molecule has 0 heterocycles. The number of rotatable bonds is 5. The first-order valence-electron chi connectivity index (χ1n) is 7.79. The third kappa shape index (κ3) is 4.88. The van der Waals surface area contributed by atoms with Crippen molar-refractivity contribution in [2.24, 2.45) is 0 Å². The van der Waals surface area contributed by atoms with Gasteiger partial charge in [0.05, 0.1) is 0 Å². The highest BCUT2D eigenvalue weighted by Gasteiger charge is 2.34. The van der Waals surface area contributed by atoms with Gasteiger partial charge in [0.2, 0.25) is 11.6 Å². The fourth-order valence-corrected chi connectivity index (χ4v) is 2.98. The number of hydrogen-bond donors (Lipinski definition) is 0. The van der Waals surface area contributed by atoms with E-state index in [-0.39, 0.29) is 0 Å². The van der Waals surface area contributed by atoms with E-state index in [1.165, 1.54) is 0 Å². The highest BCUT2D eigenvalue weighted by Crippen LogP contribution is 2.28. The smallest absolute Gasteiger partial charge is 0.345 e. The van der Waals surface area contributed by atoms with Crippen LogP contribution in [-0.4, -0.2) is 27.6 Å². The van der Waals surface area contributed by atoms with E-state index in [0.717, 1.165) is 0 Å². The van der Waals surface area contributed by atoms with Crippen molar-refractivity contribution >= 4 is 16.1 Å². The van der Waals surface area contributed by atoms with Crippen LogP contribution < -0.4 is 0 Å². The zero-order valence-electron chi connectivity index (χ0n) is 15.1. The van der Waals surface area contributed by atoms with Crippen LogP contribution in [0.25, 0.3) is 0 Å². The topological polar surface area (TPSA) is 69.7 Å². The molecule has 0 radical (unpaired) electrons. The minimum absolute atomic E-state index is 1.13. The van der Waals surface area contributed by atoms with Crippen LogP contribution in [-0.2, 0) is 19.0 Å². The van der Waals surface area contributed by atoms with E-state index in [9.17, 15) is 57.1 Å². The highest BCUT2D eigenvalue weighted by molar-refractivity contribution is 7.86. The lowest BCUT2D eigenvalue weighted by molar-refractivity contribution is 0.0541. The molecule has 5 nitrogen and oxygen atoms in total. The lowest BCUT2D eigenvalue weighted by atomic mass is 10.1. The Bertz CT molecular complexity index is 1260. The van der Waals surface area contributed by atoms with Gasteiger partial charge in [-0.15, -0.1) is 0 Å². The summed E-state index contributed by atoms with van der Waals surface area (Å²) in [7, 11) is -5.58. The number of carbonyl (C=O) groups is 1. The Morgan fingerprint density at radius 2 is 0.970 bits per heavy atom. The quantitative estimate of drug-likeness (QED) is 0.154. The van der Waals surface area contributed by atoms with E-state index in [2.05, 4.69) is 8.92 Å². The molecule has 0 atom stereocenters. The van der Waals surface area contributed by atoms with Crippen molar-refractivity contribution in [1.82, 2.24) is 0 Å². The fraction of sp³-hybridized carbons (Fsp3) is 0.118. The molecule has 0 aromatic heterocycles. The predicted octanol–water partition coefficient (Wildman–Crippen LogP) is 3.64. The van der Waals surface area contributed by atoms with Crippen LogP contribution in [0.4, 0.5) is 43.9 Å². The van der Waals surface area contributed by atoms with Gasteiger partial charge in [-0.2, -0.15) is 8.42 Å². The number of ether oxygens (including phenoxy) is 1. The minimum atomic E-state index is -5.58. The summed E-state index contributed by atoms with van der Waals surface area (Å²) in [4.78, 5) is 9.20. The summed E-state index contributed by atoms with van der Waals surface area (Å²) >= 11 is 0. The maximum atomic E-state index is 13.5. The van der Waals surface area contributed by atoms with Crippen LogP contribution in [0.3, 0.4) is 0 Å². The molecule has 0 aliphatic heterocycles. The number of benzene rings is 2. The molecule has 0 aliphatic carbocycles. The Labute approximate surface area is 176 Å². The molecule has 0 bridgehead atoms. The summed E-state index contributed by atoms with van der Waals surface area (Å²) in [5.41, 5.74) is -1.95. The molecule has 0 amide bonds. The molecule has 0 fully saturated rings. The van der Waals surface area contributed by atoms with E-state index >= 15 is 0 Å². The van der Waals surface area contributed by atoms with Gasteiger partial charge in [-0.1, -0.05) is 11.8 Å². The third-order valence-corrected chi connectivity index (χ3v) is 4.81. The maximum absolute atomic E-state index is 13.5. The molecular formula is C17H4F10O5S. The molecule has 0 unspecified atom stereocenters. The van der Waals surface area contributed by atoms with Crippen LogP contribution in [0.2, 0.25) is 0 Å². The van der Waals surface area contributed by atoms with Gasteiger partial charge < -0.3 is 4.74 Å². The number of hydrogen-bond acceptors (Lipinski definition) is 5. The molecular weight excluding hydrogens is 506 g/mol. The summed E-state index contributed by atoms with van der Waals surface area (Å²) < 4.78 is 163. The summed E-state index contributed by atoms with van der Waals surface area (Å²) in [6, 6.07) is 0. The lowest BCUT2D eigenvalue weighted by Gasteiger charge is -2.08. The standard InChI is InChI=1S/C17H4F10O5S/c18-6-5(7(19)9(21)10(22)8(6)20)17(28)31-3-1-2-4-32-33(29,30)16-14(26)12(24)11(23)13(25)15(16)27/h3-4H2. The second kappa shape index (κ2) is 9.67. The van der Waals surface area contributed by atoms with E-state index in [4.69, 9.17) is 0 Å².